The number of ether oxygens (including phenoxy) is 6. The Balaban J connectivity index is 1.07. The summed E-state index contributed by atoms with van der Waals surface area (Å²) in [6.07, 6.45) is 6.08. The molecule has 9 atom stereocenters. The van der Waals surface area contributed by atoms with Crippen LogP contribution < -0.4 is 25.4 Å². The number of pyridine rings is 1. The van der Waals surface area contributed by atoms with Crippen molar-refractivity contribution in [1.29, 1.82) is 0 Å². The molecule has 0 spiro atoms. The first-order chi connectivity index (χ1) is 30.6. The lowest BCUT2D eigenvalue weighted by molar-refractivity contribution is -0.165. The monoisotopic (exact) mass is 902 g/mol. The lowest BCUT2D eigenvalue weighted by atomic mass is 9.85. The average Bonchev–Trinajstić information content (AvgIpc) is 3.93. The number of alkyl carbamates (subject to hydrolysis) is 1. The van der Waals surface area contributed by atoms with Crippen molar-refractivity contribution in [3.05, 3.63) is 42.3 Å². The molecule has 1 unspecified atom stereocenters. The van der Waals surface area contributed by atoms with Gasteiger partial charge in [0.1, 0.15) is 53.6 Å². The predicted molar refractivity (Wildman–Crippen MR) is 240 cm³/mol. The molecule has 0 radical (unpaired) electrons. The van der Waals surface area contributed by atoms with Crippen LogP contribution in [0.2, 0.25) is 0 Å². The fraction of sp³-hybridized carbons (Fsp3) is 0.617. The quantitative estimate of drug-likeness (QED) is 0.0746. The third-order valence-corrected chi connectivity index (χ3v) is 13.7. The van der Waals surface area contributed by atoms with E-state index in [-0.39, 0.29) is 37.3 Å². The van der Waals surface area contributed by atoms with Crippen LogP contribution in [0, 0.1) is 23.2 Å². The van der Waals surface area contributed by atoms with Crippen molar-refractivity contribution in [2.45, 2.75) is 128 Å². The summed E-state index contributed by atoms with van der Waals surface area (Å²) in [4.78, 5) is 67.0. The number of esters is 1. The maximum absolute atomic E-state index is 14.9. The second-order valence-electron chi connectivity index (χ2n) is 19.2. The van der Waals surface area contributed by atoms with Crippen LogP contribution in [0.3, 0.4) is 0 Å². The van der Waals surface area contributed by atoms with Crippen molar-refractivity contribution < 1.29 is 47.6 Å². The van der Waals surface area contributed by atoms with Crippen molar-refractivity contribution in [1.82, 2.24) is 25.5 Å². The molecule has 3 saturated carbocycles. The summed E-state index contributed by atoms with van der Waals surface area (Å²) in [5, 5.41) is 12.5. The molecular formula is C47H62N6O10S. The van der Waals surface area contributed by atoms with Crippen molar-refractivity contribution in [2.24, 2.45) is 23.2 Å². The summed E-state index contributed by atoms with van der Waals surface area (Å²) in [6.45, 7) is 14.9. The fourth-order valence-corrected chi connectivity index (χ4v) is 10.1. The van der Waals surface area contributed by atoms with Crippen molar-refractivity contribution in [3.8, 4) is 22.9 Å². The average molecular weight is 903 g/mol. The number of thiazole rings is 1. The minimum atomic E-state index is -1.29. The van der Waals surface area contributed by atoms with Crippen LogP contribution in [0.1, 0.15) is 86.0 Å². The molecule has 16 nitrogen and oxygen atoms in total. The van der Waals surface area contributed by atoms with E-state index in [2.05, 4.69) is 22.5 Å². The predicted octanol–water partition coefficient (Wildman–Crippen LogP) is 6.62. The SMILES string of the molecule is C=C[C@@H]1C[C@]1(NC(=O)[C@@H]1C[C@@H](Oc2cc(-c3csc(NC(C)C)n3)nc3cc(OCCOC4CCCCO4)ccc23)CN1C(=O)[C@@H](NC(=O)O[C@@H]1C[C@@H]2C[C@@H]2C1)C(C)(C)C)C(=O)OC. The molecule has 2 aromatic heterocycles. The molecule has 5 fully saturated rings. The molecule has 346 valence electrons. The highest BCUT2D eigenvalue weighted by Gasteiger charge is 2.62. The molecule has 5 aliphatic rings. The summed E-state index contributed by atoms with van der Waals surface area (Å²) < 4.78 is 35.4. The molecule has 3 aromatic rings. The van der Waals surface area contributed by atoms with Crippen LogP contribution in [-0.4, -0.2) is 114 Å². The van der Waals surface area contributed by atoms with Gasteiger partial charge in [-0.1, -0.05) is 26.8 Å². The number of methoxy groups -OCH3 is 1. The van der Waals surface area contributed by atoms with Crippen molar-refractivity contribution in [3.63, 3.8) is 0 Å². The summed E-state index contributed by atoms with van der Waals surface area (Å²) >= 11 is 1.47. The Kier molecular flexibility index (Phi) is 13.4. The lowest BCUT2D eigenvalue weighted by Gasteiger charge is -2.35. The first kappa shape index (κ1) is 45.6. The molecule has 8 rings (SSSR count). The van der Waals surface area contributed by atoms with Gasteiger partial charge in [0.05, 0.1) is 31.5 Å². The third-order valence-electron chi connectivity index (χ3n) is 12.9. The second kappa shape index (κ2) is 18.8. The molecule has 3 aliphatic carbocycles. The first-order valence-corrected chi connectivity index (χ1v) is 23.5. The number of amides is 3. The number of anilines is 1. The molecule has 2 saturated heterocycles. The smallest absolute Gasteiger partial charge is 0.408 e. The van der Waals surface area contributed by atoms with Gasteiger partial charge >= 0.3 is 12.1 Å². The maximum Gasteiger partial charge on any atom is 0.408 e. The Morgan fingerprint density at radius 1 is 1.03 bits per heavy atom. The molecule has 2 aliphatic heterocycles. The van der Waals surface area contributed by atoms with Gasteiger partial charge in [-0.2, -0.15) is 0 Å². The number of nitrogens with zero attached hydrogens (tertiary/aromatic N) is 3. The fourth-order valence-electron chi connectivity index (χ4n) is 9.30. The van der Waals surface area contributed by atoms with E-state index in [0.29, 0.717) is 71.9 Å². The number of aromatic nitrogens is 2. The Bertz CT molecular complexity index is 2210. The highest BCUT2D eigenvalue weighted by atomic mass is 32.1. The van der Waals surface area contributed by atoms with Crippen molar-refractivity contribution in [2.75, 3.05) is 38.8 Å². The minimum Gasteiger partial charge on any atom is -0.491 e. The van der Waals surface area contributed by atoms with E-state index >= 15 is 0 Å². The van der Waals surface area contributed by atoms with Gasteiger partial charge in [-0.15, -0.1) is 17.9 Å². The summed E-state index contributed by atoms with van der Waals surface area (Å²) in [5.41, 5.74) is -0.272. The number of carbonyl (C=O) groups excluding carboxylic acids is 4. The number of hydrogen-bond acceptors (Lipinski definition) is 14. The Hall–Kier alpha value is -5.00. The summed E-state index contributed by atoms with van der Waals surface area (Å²) in [6, 6.07) is 5.44. The van der Waals surface area contributed by atoms with Crippen molar-refractivity contribution >= 4 is 51.2 Å². The summed E-state index contributed by atoms with van der Waals surface area (Å²) in [7, 11) is 1.27. The number of carbonyl (C=O) groups is 4. The Labute approximate surface area is 378 Å². The lowest BCUT2D eigenvalue weighted by Crippen LogP contribution is -2.59. The van der Waals surface area contributed by atoms with E-state index in [1.165, 1.54) is 29.8 Å². The molecule has 64 heavy (non-hydrogen) atoms. The number of likely N-dealkylation sites (tertiary alicyclic amines) is 1. The number of rotatable bonds is 17. The van der Waals surface area contributed by atoms with Crippen LogP contribution in [0.25, 0.3) is 22.3 Å². The first-order valence-electron chi connectivity index (χ1n) is 22.6. The highest BCUT2D eigenvalue weighted by Crippen LogP contribution is 2.52. The van der Waals surface area contributed by atoms with E-state index in [4.69, 9.17) is 38.4 Å². The standard InChI is InChI=1S/C47H62N6O10S/c1-8-29-23-47(29,43(56)58-7)52-41(54)37-21-32(24-53(37)42(55)40(46(4,5)6)51-45(57)63-31-18-27-17-28(27)19-31)62-38-22-35(36-25-64-44(50-36)48-26(2)3)49-34-20-30(12-13-33(34)38)59-15-16-61-39-11-9-10-14-60-39/h8,12-13,20,22,25-29,31-32,37,39-40H,1,9-11,14-19,21,23-24H2,2-7H3,(H,48,50)(H,51,57)(H,52,54)/t27-,28+,29-,31+,32-,37+,39?,40-,47-/m1/s1. The van der Waals surface area contributed by atoms with Crippen LogP contribution in [0.4, 0.5) is 9.93 Å². The zero-order valence-corrected chi connectivity index (χ0v) is 38.5. The van der Waals surface area contributed by atoms with E-state index in [9.17, 15) is 19.2 Å². The van der Waals surface area contributed by atoms with E-state index < -0.39 is 53.0 Å². The van der Waals surface area contributed by atoms with Gasteiger partial charge in [-0.3, -0.25) is 9.59 Å². The largest absolute Gasteiger partial charge is 0.491 e. The molecule has 4 heterocycles. The Morgan fingerprint density at radius 3 is 2.52 bits per heavy atom. The number of fused-ring (bicyclic) bond motifs is 2. The number of hydrogen-bond donors (Lipinski definition) is 3. The van der Waals surface area contributed by atoms with Gasteiger partial charge in [-0.25, -0.2) is 19.6 Å². The van der Waals surface area contributed by atoms with Gasteiger partial charge in [0.15, 0.2) is 11.4 Å². The van der Waals surface area contributed by atoms with Gasteiger partial charge in [-0.05, 0) is 88.2 Å². The second-order valence-corrected chi connectivity index (χ2v) is 20.1. The van der Waals surface area contributed by atoms with Gasteiger partial charge in [0.25, 0.3) is 0 Å². The van der Waals surface area contributed by atoms with Gasteiger partial charge < -0.3 is 49.3 Å². The highest BCUT2D eigenvalue weighted by molar-refractivity contribution is 7.14. The molecule has 3 N–H and O–H groups in total. The molecular weight excluding hydrogens is 841 g/mol. The van der Waals surface area contributed by atoms with Crippen LogP contribution >= 0.6 is 11.3 Å². The van der Waals surface area contributed by atoms with Crippen LogP contribution in [0.15, 0.2) is 42.3 Å². The summed E-state index contributed by atoms with van der Waals surface area (Å²) in [5.74, 6) is 0.342. The normalized spacial score (nSPS) is 27.6. The van der Waals surface area contributed by atoms with E-state index in [1.807, 2.05) is 64.3 Å². The molecule has 0 bridgehead atoms. The molecule has 17 heteroatoms. The van der Waals surface area contributed by atoms with E-state index in [1.54, 1.807) is 6.08 Å². The maximum atomic E-state index is 14.9. The van der Waals surface area contributed by atoms with Crippen LogP contribution in [0.5, 0.6) is 11.5 Å². The zero-order valence-electron chi connectivity index (χ0n) is 37.7. The zero-order chi connectivity index (χ0) is 45.3. The van der Waals surface area contributed by atoms with Gasteiger partial charge in [0.2, 0.25) is 11.8 Å². The third kappa shape index (κ3) is 10.3. The van der Waals surface area contributed by atoms with Crippen LogP contribution in [-0.2, 0) is 33.3 Å². The number of benzene rings is 1. The minimum absolute atomic E-state index is 0.00648. The van der Waals surface area contributed by atoms with Gasteiger partial charge in [0, 0.05) is 47.9 Å². The molecule has 3 amide bonds. The Morgan fingerprint density at radius 2 is 1.83 bits per heavy atom. The number of nitrogens with one attached hydrogen (secondary N) is 3. The van der Waals surface area contributed by atoms with E-state index in [0.717, 1.165) is 37.2 Å². The topological polar surface area (TPSA) is 189 Å². The molecule has 1 aromatic carbocycles.